The average Bonchev–Trinajstić information content (AvgIpc) is 2.69. The molecule has 31 heavy (non-hydrogen) atoms. The Labute approximate surface area is 178 Å². The van der Waals surface area contributed by atoms with Crippen LogP contribution >= 0.6 is 0 Å². The van der Waals surface area contributed by atoms with Crippen LogP contribution in [-0.4, -0.2) is 38.4 Å². The largest absolute Gasteiger partial charge is 0.348 e. The second-order valence-electron chi connectivity index (χ2n) is 6.87. The first-order chi connectivity index (χ1) is 14.6. The molecule has 2 aromatic carbocycles. The number of para-hydroxylation sites is 1. The van der Waals surface area contributed by atoms with E-state index in [9.17, 15) is 22.4 Å². The minimum absolute atomic E-state index is 0.0633. The maximum absolute atomic E-state index is 14.5. The zero-order chi connectivity index (χ0) is 22.8. The first-order valence-corrected chi connectivity index (χ1v) is 10.5. The summed E-state index contributed by atoms with van der Waals surface area (Å²) in [5, 5.41) is 2.49. The number of aryl methyl sites for hydroxylation is 1. The van der Waals surface area contributed by atoms with Crippen LogP contribution in [0.15, 0.2) is 58.2 Å². The van der Waals surface area contributed by atoms with Gasteiger partial charge in [0.2, 0.25) is 5.95 Å². The number of rotatable bonds is 6. The van der Waals surface area contributed by atoms with Gasteiger partial charge in [-0.25, -0.2) is 17.8 Å². The van der Waals surface area contributed by atoms with Crippen LogP contribution in [0.1, 0.15) is 16.1 Å². The van der Waals surface area contributed by atoms with E-state index in [0.717, 1.165) is 18.2 Å². The molecule has 0 spiro atoms. The van der Waals surface area contributed by atoms with Gasteiger partial charge in [0.25, 0.3) is 21.5 Å². The first-order valence-electron chi connectivity index (χ1n) is 9.05. The van der Waals surface area contributed by atoms with Crippen molar-refractivity contribution < 1.29 is 17.6 Å². The average molecular weight is 445 g/mol. The molecule has 3 N–H and O–H groups in total. The fourth-order valence-electron chi connectivity index (χ4n) is 2.67. The quantitative estimate of drug-likeness (QED) is 0.535. The number of carbonyl (C=O) groups is 1. The van der Waals surface area contributed by atoms with Gasteiger partial charge in [-0.2, -0.15) is 0 Å². The monoisotopic (exact) mass is 445 g/mol. The number of halogens is 1. The molecule has 0 saturated carbocycles. The van der Waals surface area contributed by atoms with Crippen LogP contribution in [0, 0.1) is 12.7 Å². The highest BCUT2D eigenvalue weighted by molar-refractivity contribution is 7.92. The summed E-state index contributed by atoms with van der Waals surface area (Å²) in [5.41, 5.74) is -0.0921. The van der Waals surface area contributed by atoms with Crippen LogP contribution < -0.4 is 20.5 Å². The zero-order valence-electron chi connectivity index (χ0n) is 16.9. The van der Waals surface area contributed by atoms with E-state index in [1.165, 1.54) is 24.0 Å². The van der Waals surface area contributed by atoms with E-state index < -0.39 is 32.2 Å². The summed E-state index contributed by atoms with van der Waals surface area (Å²) in [6, 6.07) is 11.1. The van der Waals surface area contributed by atoms with E-state index in [1.54, 1.807) is 32.3 Å². The predicted molar refractivity (Wildman–Crippen MR) is 116 cm³/mol. The highest BCUT2D eigenvalue weighted by atomic mass is 32.2. The van der Waals surface area contributed by atoms with E-state index in [2.05, 4.69) is 20.0 Å². The summed E-state index contributed by atoms with van der Waals surface area (Å²) >= 11 is 0. The molecule has 162 valence electrons. The molecule has 9 nitrogen and oxygen atoms in total. The standard InChI is InChI=1S/C20H20FN5O4S/c1-12-9-14(21)17(31(29,30)25-13-7-5-4-6-8-13)10-15(12)22-19(28)16-11-18(27)24-20(23-16)26(2)3/h4-11,25H,1-3H3,(H,22,28)(H,23,24,27). The number of nitrogens with zero attached hydrogens (tertiary/aromatic N) is 2. The maximum Gasteiger partial charge on any atom is 0.274 e. The molecular weight excluding hydrogens is 425 g/mol. The molecular formula is C20H20FN5O4S. The van der Waals surface area contributed by atoms with E-state index in [1.807, 2.05) is 0 Å². The Balaban J connectivity index is 1.95. The van der Waals surface area contributed by atoms with E-state index in [0.29, 0.717) is 5.56 Å². The van der Waals surface area contributed by atoms with Crippen molar-refractivity contribution in [2.24, 2.45) is 0 Å². The van der Waals surface area contributed by atoms with Crippen molar-refractivity contribution >= 4 is 33.3 Å². The number of anilines is 3. The highest BCUT2D eigenvalue weighted by Gasteiger charge is 2.22. The minimum atomic E-state index is -4.26. The topological polar surface area (TPSA) is 124 Å². The van der Waals surface area contributed by atoms with Gasteiger partial charge in [0.1, 0.15) is 16.4 Å². The molecule has 11 heteroatoms. The number of sulfonamides is 1. The van der Waals surface area contributed by atoms with Crippen molar-refractivity contribution in [3.63, 3.8) is 0 Å². The number of hydrogen-bond acceptors (Lipinski definition) is 6. The Morgan fingerprint density at radius 1 is 1.13 bits per heavy atom. The number of carbonyl (C=O) groups excluding carboxylic acids is 1. The molecule has 0 saturated heterocycles. The SMILES string of the molecule is Cc1cc(F)c(S(=O)(=O)Nc2ccccc2)cc1NC(=O)c1cc(=O)[nH]c(N(C)C)n1. The number of amides is 1. The third-order valence-electron chi connectivity index (χ3n) is 4.23. The number of hydrogen-bond donors (Lipinski definition) is 3. The van der Waals surface area contributed by atoms with Gasteiger partial charge in [-0.3, -0.25) is 19.3 Å². The normalized spacial score (nSPS) is 11.1. The van der Waals surface area contributed by atoms with Crippen LogP contribution in [0.5, 0.6) is 0 Å². The number of nitrogens with one attached hydrogen (secondary N) is 3. The Bertz CT molecular complexity index is 1290. The second-order valence-corrected chi connectivity index (χ2v) is 8.52. The van der Waals surface area contributed by atoms with Gasteiger partial charge in [0.15, 0.2) is 0 Å². The lowest BCUT2D eigenvalue weighted by Gasteiger charge is -2.14. The molecule has 0 unspecified atom stereocenters. The third-order valence-corrected chi connectivity index (χ3v) is 5.62. The fraction of sp³-hybridized carbons (Fsp3) is 0.150. The Morgan fingerprint density at radius 2 is 1.81 bits per heavy atom. The van der Waals surface area contributed by atoms with Gasteiger partial charge >= 0.3 is 0 Å². The molecule has 0 aliphatic heterocycles. The molecule has 3 rings (SSSR count). The van der Waals surface area contributed by atoms with Crippen molar-refractivity contribution in [3.8, 4) is 0 Å². The van der Waals surface area contributed by atoms with Crippen LogP contribution in [0.3, 0.4) is 0 Å². The lowest BCUT2D eigenvalue weighted by Crippen LogP contribution is -2.23. The summed E-state index contributed by atoms with van der Waals surface area (Å²) in [6.45, 7) is 1.51. The van der Waals surface area contributed by atoms with Crippen LogP contribution in [0.4, 0.5) is 21.7 Å². The first kappa shape index (κ1) is 22.0. The number of aromatic nitrogens is 2. The second kappa shape index (κ2) is 8.56. The lowest BCUT2D eigenvalue weighted by molar-refractivity contribution is 0.102. The van der Waals surface area contributed by atoms with E-state index >= 15 is 0 Å². The molecule has 0 radical (unpaired) electrons. The van der Waals surface area contributed by atoms with E-state index in [-0.39, 0.29) is 23.0 Å². The van der Waals surface area contributed by atoms with Gasteiger partial charge < -0.3 is 10.2 Å². The van der Waals surface area contributed by atoms with Crippen LogP contribution in [0.25, 0.3) is 0 Å². The van der Waals surface area contributed by atoms with E-state index in [4.69, 9.17) is 0 Å². The Hall–Kier alpha value is -3.73. The van der Waals surface area contributed by atoms with Gasteiger partial charge in [-0.05, 0) is 36.8 Å². The summed E-state index contributed by atoms with van der Waals surface area (Å²) in [6.07, 6.45) is 0. The summed E-state index contributed by atoms with van der Waals surface area (Å²) < 4.78 is 42.1. The van der Waals surface area contributed by atoms with Crippen LogP contribution in [0.2, 0.25) is 0 Å². The smallest absolute Gasteiger partial charge is 0.274 e. The molecule has 0 bridgehead atoms. The predicted octanol–water partition coefficient (Wildman–Crippen LogP) is 2.34. The van der Waals surface area contributed by atoms with Crippen molar-refractivity contribution in [2.75, 3.05) is 29.0 Å². The van der Waals surface area contributed by atoms with Gasteiger partial charge in [0.05, 0.1) is 0 Å². The van der Waals surface area contributed by atoms with Gasteiger partial charge in [-0.15, -0.1) is 0 Å². The minimum Gasteiger partial charge on any atom is -0.348 e. The molecule has 1 heterocycles. The maximum atomic E-state index is 14.5. The molecule has 0 aliphatic carbocycles. The number of benzene rings is 2. The number of H-pyrrole nitrogens is 1. The molecule has 1 amide bonds. The van der Waals surface area contributed by atoms with Crippen molar-refractivity contribution in [1.29, 1.82) is 0 Å². The van der Waals surface area contributed by atoms with Gasteiger partial charge in [-0.1, -0.05) is 18.2 Å². The summed E-state index contributed by atoms with van der Waals surface area (Å²) in [7, 11) is -0.982. The Kier molecular flexibility index (Phi) is 6.07. The molecule has 0 fully saturated rings. The Morgan fingerprint density at radius 3 is 2.45 bits per heavy atom. The molecule has 0 atom stereocenters. The number of aromatic amines is 1. The molecule has 3 aromatic rings. The van der Waals surface area contributed by atoms with Crippen molar-refractivity contribution in [1.82, 2.24) is 9.97 Å². The zero-order valence-corrected chi connectivity index (χ0v) is 17.7. The molecule has 0 aliphatic rings. The van der Waals surface area contributed by atoms with Gasteiger partial charge in [0, 0.05) is 31.5 Å². The van der Waals surface area contributed by atoms with Crippen molar-refractivity contribution in [2.45, 2.75) is 11.8 Å². The summed E-state index contributed by atoms with van der Waals surface area (Å²) in [4.78, 5) is 31.8. The van der Waals surface area contributed by atoms with Crippen LogP contribution in [-0.2, 0) is 10.0 Å². The lowest BCUT2D eigenvalue weighted by atomic mass is 10.2. The van der Waals surface area contributed by atoms with Crippen molar-refractivity contribution in [3.05, 3.63) is 76.0 Å². The highest BCUT2D eigenvalue weighted by Crippen LogP contribution is 2.26. The molecule has 1 aromatic heterocycles. The summed E-state index contributed by atoms with van der Waals surface area (Å²) in [5.74, 6) is -1.55. The third kappa shape index (κ3) is 5.07. The fourth-order valence-corrected chi connectivity index (χ4v) is 3.81.